The Labute approximate surface area is 90.2 Å². The molecule has 0 spiro atoms. The fraction of sp³-hybridized carbons (Fsp3) is 0.455. The van der Waals surface area contributed by atoms with Crippen molar-refractivity contribution >= 4 is 17.3 Å². The first-order valence-corrected chi connectivity index (χ1v) is 5.03. The maximum absolute atomic E-state index is 6.07. The Hall–Kier alpha value is -0.730. The zero-order chi connectivity index (χ0) is 10.6. The van der Waals surface area contributed by atoms with Crippen molar-refractivity contribution < 1.29 is 4.74 Å². The van der Waals surface area contributed by atoms with Gasteiger partial charge in [0.15, 0.2) is 0 Å². The number of ether oxygens (including phenoxy) is 1. The van der Waals surface area contributed by atoms with Crippen LogP contribution in [-0.2, 0) is 4.74 Å². The van der Waals surface area contributed by atoms with Gasteiger partial charge in [-0.1, -0.05) is 17.7 Å². The molecule has 78 valence electrons. The summed E-state index contributed by atoms with van der Waals surface area (Å²) in [5, 5.41) is 4.04. The number of hydrogen-bond donors (Lipinski definition) is 1. The average Bonchev–Trinajstić information content (AvgIpc) is 2.10. The maximum atomic E-state index is 6.07. The summed E-state index contributed by atoms with van der Waals surface area (Å²) in [6.45, 7) is 4.75. The minimum absolute atomic E-state index is 0.264. The Kier molecular flexibility index (Phi) is 4.23. The van der Waals surface area contributed by atoms with Crippen molar-refractivity contribution in [2.45, 2.75) is 19.9 Å². The summed E-state index contributed by atoms with van der Waals surface area (Å²) >= 11 is 6.07. The van der Waals surface area contributed by atoms with Gasteiger partial charge in [-0.05, 0) is 31.5 Å². The van der Waals surface area contributed by atoms with Crippen molar-refractivity contribution in [3.63, 3.8) is 0 Å². The van der Waals surface area contributed by atoms with Gasteiger partial charge in [0.1, 0.15) is 0 Å². The molecule has 2 nitrogen and oxygen atoms in total. The quantitative estimate of drug-likeness (QED) is 0.830. The highest BCUT2D eigenvalue weighted by Gasteiger charge is 2.04. The van der Waals surface area contributed by atoms with Crippen LogP contribution < -0.4 is 5.32 Å². The van der Waals surface area contributed by atoms with Crippen molar-refractivity contribution in [3.8, 4) is 0 Å². The first-order chi connectivity index (χ1) is 6.63. The molecule has 0 saturated heterocycles. The third-order valence-electron chi connectivity index (χ3n) is 1.94. The molecule has 1 rings (SSSR count). The maximum Gasteiger partial charge on any atom is 0.0661 e. The minimum atomic E-state index is 0.264. The monoisotopic (exact) mass is 213 g/mol. The lowest BCUT2D eigenvalue weighted by Crippen LogP contribution is -2.20. The molecule has 1 aromatic rings. The van der Waals surface area contributed by atoms with Crippen LogP contribution in [0.4, 0.5) is 5.69 Å². The zero-order valence-corrected chi connectivity index (χ0v) is 9.56. The zero-order valence-electron chi connectivity index (χ0n) is 8.80. The molecule has 14 heavy (non-hydrogen) atoms. The summed E-state index contributed by atoms with van der Waals surface area (Å²) in [6.07, 6.45) is 0. The summed E-state index contributed by atoms with van der Waals surface area (Å²) in [5.41, 5.74) is 2.13. The number of hydrogen-bond acceptors (Lipinski definition) is 2. The van der Waals surface area contributed by atoms with E-state index in [0.29, 0.717) is 6.61 Å². The molecular formula is C11H16ClNO. The second-order valence-electron chi connectivity index (χ2n) is 3.48. The van der Waals surface area contributed by atoms with Gasteiger partial charge in [-0.15, -0.1) is 0 Å². The smallest absolute Gasteiger partial charge is 0.0661 e. The van der Waals surface area contributed by atoms with Crippen LogP contribution in [0.3, 0.4) is 0 Å². The molecule has 3 heteroatoms. The molecule has 1 N–H and O–H groups in total. The van der Waals surface area contributed by atoms with Crippen LogP contribution in [0.5, 0.6) is 0 Å². The molecule has 0 saturated carbocycles. The van der Waals surface area contributed by atoms with E-state index in [1.807, 2.05) is 25.1 Å². The second kappa shape index (κ2) is 5.23. The van der Waals surface area contributed by atoms with Crippen LogP contribution in [0.15, 0.2) is 18.2 Å². The van der Waals surface area contributed by atoms with Gasteiger partial charge in [0.05, 0.1) is 17.3 Å². The van der Waals surface area contributed by atoms with Gasteiger partial charge >= 0.3 is 0 Å². The number of rotatable bonds is 4. The van der Waals surface area contributed by atoms with Crippen LogP contribution in [0.1, 0.15) is 12.5 Å². The normalized spacial score (nSPS) is 12.6. The fourth-order valence-corrected chi connectivity index (χ4v) is 1.58. The van der Waals surface area contributed by atoms with E-state index in [-0.39, 0.29) is 6.04 Å². The molecule has 0 aliphatic carbocycles. The second-order valence-corrected chi connectivity index (χ2v) is 3.89. The van der Waals surface area contributed by atoms with E-state index < -0.39 is 0 Å². The lowest BCUT2D eigenvalue weighted by molar-refractivity contribution is 0.190. The first kappa shape index (κ1) is 11.3. The predicted molar refractivity (Wildman–Crippen MR) is 61.1 cm³/mol. The van der Waals surface area contributed by atoms with Crippen LogP contribution >= 0.6 is 11.6 Å². The Bertz CT molecular complexity index is 301. The first-order valence-electron chi connectivity index (χ1n) is 4.65. The van der Waals surface area contributed by atoms with Crippen molar-refractivity contribution in [2.24, 2.45) is 0 Å². The van der Waals surface area contributed by atoms with Crippen molar-refractivity contribution in [1.82, 2.24) is 0 Å². The molecule has 0 aromatic heterocycles. The minimum Gasteiger partial charge on any atom is -0.383 e. The summed E-state index contributed by atoms with van der Waals surface area (Å²) < 4.78 is 5.03. The highest BCUT2D eigenvalue weighted by atomic mass is 35.5. The van der Waals surface area contributed by atoms with Crippen molar-refractivity contribution in [1.29, 1.82) is 0 Å². The van der Waals surface area contributed by atoms with E-state index in [1.54, 1.807) is 7.11 Å². The van der Waals surface area contributed by atoms with Gasteiger partial charge in [0.25, 0.3) is 0 Å². The van der Waals surface area contributed by atoms with Gasteiger partial charge in [0.2, 0.25) is 0 Å². The van der Waals surface area contributed by atoms with E-state index in [0.717, 1.165) is 10.7 Å². The highest BCUT2D eigenvalue weighted by Crippen LogP contribution is 2.23. The summed E-state index contributed by atoms with van der Waals surface area (Å²) in [4.78, 5) is 0. The van der Waals surface area contributed by atoms with Gasteiger partial charge < -0.3 is 10.1 Å². The van der Waals surface area contributed by atoms with Crippen LogP contribution in [0, 0.1) is 6.92 Å². The van der Waals surface area contributed by atoms with Gasteiger partial charge in [-0.3, -0.25) is 0 Å². The van der Waals surface area contributed by atoms with Crippen molar-refractivity contribution in [2.75, 3.05) is 19.0 Å². The molecule has 0 bridgehead atoms. The van der Waals surface area contributed by atoms with E-state index in [4.69, 9.17) is 16.3 Å². The van der Waals surface area contributed by atoms with Gasteiger partial charge in [-0.25, -0.2) is 0 Å². The summed E-state index contributed by atoms with van der Waals surface area (Å²) in [5.74, 6) is 0. The van der Waals surface area contributed by atoms with Crippen molar-refractivity contribution in [3.05, 3.63) is 28.8 Å². The molecule has 0 radical (unpaired) electrons. The molecule has 0 aliphatic rings. The topological polar surface area (TPSA) is 21.3 Å². The van der Waals surface area contributed by atoms with Crippen LogP contribution in [0.25, 0.3) is 0 Å². The predicted octanol–water partition coefficient (Wildman–Crippen LogP) is 3.10. The number of halogens is 1. The molecule has 1 aromatic carbocycles. The number of benzene rings is 1. The van der Waals surface area contributed by atoms with E-state index in [1.165, 1.54) is 5.56 Å². The number of methoxy groups -OCH3 is 1. The lowest BCUT2D eigenvalue weighted by atomic mass is 10.2. The Morgan fingerprint density at radius 2 is 2.21 bits per heavy atom. The number of aryl methyl sites for hydroxylation is 1. The van der Waals surface area contributed by atoms with E-state index >= 15 is 0 Å². The standard InChI is InChI=1S/C11H16ClNO/c1-8-4-5-11(10(12)6-8)13-9(2)7-14-3/h4-6,9,13H,7H2,1-3H3/t9-/m0/s1. The number of nitrogens with one attached hydrogen (secondary N) is 1. The van der Waals surface area contributed by atoms with E-state index in [9.17, 15) is 0 Å². The van der Waals surface area contributed by atoms with Gasteiger partial charge in [-0.2, -0.15) is 0 Å². The SMILES string of the molecule is COC[C@H](C)Nc1ccc(C)cc1Cl. The largest absolute Gasteiger partial charge is 0.383 e. The fourth-order valence-electron chi connectivity index (χ4n) is 1.29. The molecule has 0 unspecified atom stereocenters. The van der Waals surface area contributed by atoms with Crippen LogP contribution in [-0.4, -0.2) is 19.8 Å². The summed E-state index contributed by atoms with van der Waals surface area (Å²) in [7, 11) is 1.69. The molecule has 1 atom stereocenters. The Balaban J connectivity index is 2.67. The average molecular weight is 214 g/mol. The van der Waals surface area contributed by atoms with E-state index in [2.05, 4.69) is 12.2 Å². The van der Waals surface area contributed by atoms with Gasteiger partial charge in [0, 0.05) is 13.2 Å². The molecular weight excluding hydrogens is 198 g/mol. The molecule has 0 amide bonds. The third kappa shape index (κ3) is 3.20. The Morgan fingerprint density at radius 3 is 2.79 bits per heavy atom. The highest BCUT2D eigenvalue weighted by molar-refractivity contribution is 6.33. The lowest BCUT2D eigenvalue weighted by Gasteiger charge is -2.15. The molecule has 0 fully saturated rings. The molecule has 0 aliphatic heterocycles. The number of anilines is 1. The van der Waals surface area contributed by atoms with Crippen LogP contribution in [0.2, 0.25) is 5.02 Å². The third-order valence-corrected chi connectivity index (χ3v) is 2.26. The Morgan fingerprint density at radius 1 is 1.50 bits per heavy atom. The summed E-state index contributed by atoms with van der Waals surface area (Å²) in [6, 6.07) is 6.24. The molecule has 0 heterocycles.